The van der Waals surface area contributed by atoms with E-state index < -0.39 is 36.4 Å². The Kier molecular flexibility index (Phi) is 2.67. The van der Waals surface area contributed by atoms with Gasteiger partial charge in [0.1, 0.15) is 18.1 Å². The summed E-state index contributed by atoms with van der Waals surface area (Å²) >= 11 is 0. The third-order valence-corrected chi connectivity index (χ3v) is 2.63. The van der Waals surface area contributed by atoms with Gasteiger partial charge in [0.2, 0.25) is 0 Å². The Balaban J connectivity index is 2.76. The van der Waals surface area contributed by atoms with Gasteiger partial charge >= 0.3 is 0 Å². The molecule has 1 fully saturated rings. The summed E-state index contributed by atoms with van der Waals surface area (Å²) in [5.74, 6) is 0. The lowest BCUT2D eigenvalue weighted by Crippen LogP contribution is -2.93. The van der Waals surface area contributed by atoms with Crippen molar-refractivity contribution >= 4 is 0 Å². The summed E-state index contributed by atoms with van der Waals surface area (Å²) in [6.45, 7) is 0. The highest BCUT2D eigenvalue weighted by Crippen LogP contribution is 2.13. The van der Waals surface area contributed by atoms with Crippen molar-refractivity contribution in [2.24, 2.45) is 0 Å². The van der Waals surface area contributed by atoms with Crippen LogP contribution in [-0.4, -0.2) is 51.8 Å². The monoisotopic (exact) mass is 180 g/mol. The molecule has 0 spiro atoms. The van der Waals surface area contributed by atoms with Crippen molar-refractivity contribution in [3.05, 3.63) is 0 Å². The second-order valence-corrected chi connectivity index (χ2v) is 3.46. The fraction of sp³-hybridized carbons (Fsp3) is 1.00. The average Bonchev–Trinajstić information content (AvgIpc) is 2.08. The molecule has 6 heteroatoms. The van der Waals surface area contributed by atoms with Crippen LogP contribution in [0.15, 0.2) is 0 Å². The summed E-state index contributed by atoms with van der Waals surface area (Å²) in [7, 11) is 0. The molecule has 0 aromatic carbocycles. The Bertz CT molecular complexity index is 110. The fourth-order valence-electron chi connectivity index (χ4n) is 1.56. The van der Waals surface area contributed by atoms with E-state index in [1.165, 1.54) is 0 Å². The molecule has 0 amide bonds. The number of hydrogen-bond donors (Lipinski definition) is 6. The molecule has 12 heavy (non-hydrogen) atoms. The summed E-state index contributed by atoms with van der Waals surface area (Å²) in [5.41, 5.74) is 10.8. The molecule has 0 heterocycles. The maximum Gasteiger partial charge on any atom is 0.163 e. The summed E-state index contributed by atoms with van der Waals surface area (Å²) < 4.78 is 0. The van der Waals surface area contributed by atoms with Gasteiger partial charge < -0.3 is 32.5 Å². The predicted molar refractivity (Wildman–Crippen MR) is 38.0 cm³/mol. The minimum atomic E-state index is -0.854. The van der Waals surface area contributed by atoms with Crippen LogP contribution in [0.1, 0.15) is 0 Å². The zero-order valence-corrected chi connectivity index (χ0v) is 6.93. The fourth-order valence-corrected chi connectivity index (χ4v) is 1.56. The quantitative estimate of drug-likeness (QED) is 0.221. The standard InChI is InChI=1S/C6H15N3O3/c7-1-4(10)2(8)6(12)3(9)5(1)11/h1-6,10-12H,7-9H2/p+3. The lowest BCUT2D eigenvalue weighted by Gasteiger charge is -2.35. The highest BCUT2D eigenvalue weighted by Gasteiger charge is 2.51. The molecular weight excluding hydrogens is 162 g/mol. The Morgan fingerprint density at radius 3 is 0.917 bits per heavy atom. The van der Waals surface area contributed by atoms with Crippen molar-refractivity contribution in [1.29, 1.82) is 0 Å². The maximum absolute atomic E-state index is 9.43. The molecule has 6 nitrogen and oxygen atoms in total. The molecule has 1 rings (SSSR count). The zero-order valence-electron chi connectivity index (χ0n) is 6.93. The van der Waals surface area contributed by atoms with Gasteiger partial charge in [0.25, 0.3) is 0 Å². The lowest BCUT2D eigenvalue weighted by atomic mass is 9.81. The van der Waals surface area contributed by atoms with Crippen molar-refractivity contribution in [3.63, 3.8) is 0 Å². The normalized spacial score (nSPS) is 55.5. The van der Waals surface area contributed by atoms with Crippen molar-refractivity contribution in [2.75, 3.05) is 0 Å². The second-order valence-electron chi connectivity index (χ2n) is 3.46. The first-order valence-corrected chi connectivity index (χ1v) is 4.00. The van der Waals surface area contributed by atoms with Gasteiger partial charge in [-0.25, -0.2) is 0 Å². The van der Waals surface area contributed by atoms with Gasteiger partial charge in [-0.15, -0.1) is 0 Å². The Hall–Kier alpha value is -0.240. The minimum absolute atomic E-state index is 0.515. The topological polar surface area (TPSA) is 144 Å². The largest absolute Gasteiger partial charge is 0.381 e. The molecule has 0 atom stereocenters. The van der Waals surface area contributed by atoms with E-state index in [1.54, 1.807) is 0 Å². The first-order valence-electron chi connectivity index (χ1n) is 4.00. The van der Waals surface area contributed by atoms with Gasteiger partial charge in [0, 0.05) is 0 Å². The Morgan fingerprint density at radius 1 is 0.583 bits per heavy atom. The SMILES string of the molecule is [NH3+]C1C(O)C([NH3+])C(O)C([NH3+])C1O. The molecule has 0 aromatic rings. The van der Waals surface area contributed by atoms with Crippen molar-refractivity contribution < 1.29 is 32.5 Å². The number of quaternary nitrogens is 3. The van der Waals surface area contributed by atoms with Crippen LogP contribution in [0.4, 0.5) is 0 Å². The molecule has 0 aliphatic heterocycles. The van der Waals surface area contributed by atoms with Crippen molar-refractivity contribution in [1.82, 2.24) is 0 Å². The van der Waals surface area contributed by atoms with E-state index in [-0.39, 0.29) is 0 Å². The van der Waals surface area contributed by atoms with E-state index in [4.69, 9.17) is 0 Å². The molecule has 0 bridgehead atoms. The molecule has 72 valence electrons. The summed E-state index contributed by atoms with van der Waals surface area (Å²) in [5, 5.41) is 28.3. The third-order valence-electron chi connectivity index (χ3n) is 2.63. The van der Waals surface area contributed by atoms with Gasteiger partial charge in [-0.2, -0.15) is 0 Å². The smallest absolute Gasteiger partial charge is 0.163 e. The summed E-state index contributed by atoms with van der Waals surface area (Å²) in [4.78, 5) is 0. The molecule has 1 saturated carbocycles. The van der Waals surface area contributed by atoms with E-state index in [1.807, 2.05) is 0 Å². The van der Waals surface area contributed by atoms with Crippen LogP contribution in [0.25, 0.3) is 0 Å². The second kappa shape index (κ2) is 3.25. The minimum Gasteiger partial charge on any atom is -0.381 e. The highest BCUT2D eigenvalue weighted by molar-refractivity contribution is 4.96. The van der Waals surface area contributed by atoms with Crippen LogP contribution in [-0.2, 0) is 0 Å². The van der Waals surface area contributed by atoms with E-state index in [9.17, 15) is 15.3 Å². The molecular formula is C6H18N3O3+3. The molecule has 12 N–H and O–H groups in total. The van der Waals surface area contributed by atoms with Crippen LogP contribution in [0.5, 0.6) is 0 Å². The number of aliphatic hydroxyl groups is 3. The van der Waals surface area contributed by atoms with Crippen LogP contribution in [0.3, 0.4) is 0 Å². The van der Waals surface area contributed by atoms with Gasteiger partial charge in [-0.1, -0.05) is 0 Å². The number of hydrogen-bond acceptors (Lipinski definition) is 3. The summed E-state index contributed by atoms with van der Waals surface area (Å²) in [6.07, 6.45) is -2.56. The molecule has 0 radical (unpaired) electrons. The number of aliphatic hydroxyl groups excluding tert-OH is 3. The first kappa shape index (κ1) is 9.85. The first-order chi connectivity index (χ1) is 5.46. The third kappa shape index (κ3) is 1.33. The number of rotatable bonds is 0. The van der Waals surface area contributed by atoms with Gasteiger partial charge in [0.15, 0.2) is 18.3 Å². The van der Waals surface area contributed by atoms with Crippen LogP contribution in [0, 0.1) is 0 Å². The van der Waals surface area contributed by atoms with Gasteiger partial charge in [0.05, 0.1) is 0 Å². The van der Waals surface area contributed by atoms with E-state index in [0.717, 1.165) is 0 Å². The Morgan fingerprint density at radius 2 is 0.750 bits per heavy atom. The molecule has 0 unspecified atom stereocenters. The van der Waals surface area contributed by atoms with E-state index >= 15 is 0 Å². The summed E-state index contributed by atoms with van der Waals surface area (Å²) in [6, 6.07) is -1.55. The Labute approximate surface area is 70.0 Å². The molecule has 1 aliphatic carbocycles. The zero-order chi connectivity index (χ0) is 9.46. The van der Waals surface area contributed by atoms with E-state index in [0.29, 0.717) is 0 Å². The van der Waals surface area contributed by atoms with Crippen LogP contribution in [0.2, 0.25) is 0 Å². The maximum atomic E-state index is 9.43. The molecule has 1 aliphatic rings. The van der Waals surface area contributed by atoms with Crippen molar-refractivity contribution in [2.45, 2.75) is 36.4 Å². The van der Waals surface area contributed by atoms with Crippen LogP contribution >= 0.6 is 0 Å². The highest BCUT2D eigenvalue weighted by atomic mass is 16.3. The van der Waals surface area contributed by atoms with Gasteiger partial charge in [-0.05, 0) is 0 Å². The predicted octanol–water partition coefficient (Wildman–Crippen LogP) is -6.09. The lowest BCUT2D eigenvalue weighted by molar-refractivity contribution is -0.569. The molecule has 0 saturated heterocycles. The van der Waals surface area contributed by atoms with E-state index in [2.05, 4.69) is 17.2 Å². The van der Waals surface area contributed by atoms with Crippen LogP contribution < -0.4 is 17.2 Å². The molecule has 0 aromatic heterocycles. The van der Waals surface area contributed by atoms with Gasteiger partial charge in [-0.3, -0.25) is 0 Å². The average molecular weight is 180 g/mol. The van der Waals surface area contributed by atoms with Crippen molar-refractivity contribution in [3.8, 4) is 0 Å².